The lowest BCUT2D eigenvalue weighted by molar-refractivity contribution is -0.136. The molecule has 1 aromatic rings. The third-order valence-electron chi connectivity index (χ3n) is 2.70. The molecule has 21 heavy (non-hydrogen) atoms. The summed E-state index contributed by atoms with van der Waals surface area (Å²) < 4.78 is 10.4. The highest BCUT2D eigenvalue weighted by Crippen LogP contribution is 2.19. The van der Waals surface area contributed by atoms with Crippen molar-refractivity contribution in [2.24, 2.45) is 0 Å². The van der Waals surface area contributed by atoms with Crippen molar-refractivity contribution in [3.8, 4) is 0 Å². The molecule has 0 radical (unpaired) electrons. The van der Waals surface area contributed by atoms with Crippen molar-refractivity contribution < 1.29 is 24.5 Å². The van der Waals surface area contributed by atoms with E-state index in [0.717, 1.165) is 10.5 Å². The van der Waals surface area contributed by atoms with Crippen LogP contribution in [-0.2, 0) is 20.7 Å². The van der Waals surface area contributed by atoms with Crippen LogP contribution in [0.2, 0.25) is 0 Å². The number of benzene rings is 1. The number of hydrogen-bond donors (Lipinski definition) is 2. The Morgan fingerprint density at radius 1 is 1.29 bits per heavy atom. The second-order valence-electron chi connectivity index (χ2n) is 4.78. The topological polar surface area (TPSA) is 76.0 Å². The van der Waals surface area contributed by atoms with Crippen molar-refractivity contribution in [1.29, 1.82) is 0 Å². The Morgan fingerprint density at radius 3 is 2.52 bits per heavy atom. The van der Waals surface area contributed by atoms with Gasteiger partial charge in [-0.15, -0.1) is 11.8 Å². The lowest BCUT2D eigenvalue weighted by atomic mass is 10.2. The predicted molar refractivity (Wildman–Crippen MR) is 81.8 cm³/mol. The molecular formula is C15H22O5S. The number of carbonyl (C=O) groups is 1. The molecule has 0 aliphatic rings. The van der Waals surface area contributed by atoms with E-state index in [4.69, 9.17) is 14.6 Å². The smallest absolute Gasteiger partial charge is 0.307 e. The molecule has 0 aromatic heterocycles. The van der Waals surface area contributed by atoms with Crippen LogP contribution in [0.15, 0.2) is 29.2 Å². The van der Waals surface area contributed by atoms with E-state index in [2.05, 4.69) is 0 Å². The molecule has 0 amide bonds. The van der Waals surface area contributed by atoms with Crippen molar-refractivity contribution >= 4 is 17.7 Å². The first kappa shape index (κ1) is 18.0. The molecule has 0 bridgehead atoms. The van der Waals surface area contributed by atoms with Crippen LogP contribution in [0, 0.1) is 0 Å². The highest BCUT2D eigenvalue weighted by atomic mass is 32.2. The summed E-state index contributed by atoms with van der Waals surface area (Å²) in [5.41, 5.74) is 0.768. The minimum absolute atomic E-state index is 0.0266. The minimum Gasteiger partial charge on any atom is -0.481 e. The van der Waals surface area contributed by atoms with Crippen LogP contribution < -0.4 is 0 Å². The highest BCUT2D eigenvalue weighted by molar-refractivity contribution is 7.99. The monoisotopic (exact) mass is 314 g/mol. The molecule has 0 saturated carbocycles. The van der Waals surface area contributed by atoms with Gasteiger partial charge in [-0.3, -0.25) is 4.79 Å². The number of rotatable bonds is 10. The van der Waals surface area contributed by atoms with E-state index >= 15 is 0 Å². The SMILES string of the molecule is COCC(C)OCC(O)CSc1ccc(CC(=O)O)cc1. The number of ether oxygens (including phenoxy) is 2. The van der Waals surface area contributed by atoms with Gasteiger partial charge in [0.2, 0.25) is 0 Å². The van der Waals surface area contributed by atoms with Crippen molar-refractivity contribution in [3.63, 3.8) is 0 Å². The van der Waals surface area contributed by atoms with Gasteiger partial charge in [0.15, 0.2) is 0 Å². The molecule has 0 heterocycles. The van der Waals surface area contributed by atoms with Gasteiger partial charge >= 0.3 is 5.97 Å². The van der Waals surface area contributed by atoms with Crippen LogP contribution in [-0.4, -0.2) is 54.5 Å². The van der Waals surface area contributed by atoms with Gasteiger partial charge < -0.3 is 19.7 Å². The fourth-order valence-corrected chi connectivity index (χ4v) is 2.49. The fraction of sp³-hybridized carbons (Fsp3) is 0.533. The molecule has 2 unspecified atom stereocenters. The first-order valence-corrected chi connectivity index (χ1v) is 7.72. The molecule has 0 aliphatic carbocycles. The molecule has 1 rings (SSSR count). The number of hydrogen-bond acceptors (Lipinski definition) is 5. The van der Waals surface area contributed by atoms with Crippen LogP contribution in [0.25, 0.3) is 0 Å². The maximum absolute atomic E-state index is 10.6. The Morgan fingerprint density at radius 2 is 1.95 bits per heavy atom. The van der Waals surface area contributed by atoms with Crippen LogP contribution in [0.5, 0.6) is 0 Å². The number of carboxylic acids is 1. The Kier molecular flexibility index (Phi) is 8.37. The van der Waals surface area contributed by atoms with Gasteiger partial charge in [0, 0.05) is 17.8 Å². The van der Waals surface area contributed by atoms with Crippen molar-refractivity contribution in [1.82, 2.24) is 0 Å². The van der Waals surface area contributed by atoms with Gasteiger partial charge in [-0.1, -0.05) is 12.1 Å². The Bertz CT molecular complexity index is 421. The van der Waals surface area contributed by atoms with E-state index in [1.54, 1.807) is 19.2 Å². The summed E-state index contributed by atoms with van der Waals surface area (Å²) in [6.45, 7) is 2.67. The average Bonchev–Trinajstić information content (AvgIpc) is 2.44. The van der Waals surface area contributed by atoms with E-state index in [1.165, 1.54) is 11.8 Å². The minimum atomic E-state index is -0.840. The quantitative estimate of drug-likeness (QED) is 0.642. The van der Waals surface area contributed by atoms with Gasteiger partial charge in [0.25, 0.3) is 0 Å². The van der Waals surface area contributed by atoms with Gasteiger partial charge in [-0.2, -0.15) is 0 Å². The molecule has 0 spiro atoms. The summed E-state index contributed by atoms with van der Waals surface area (Å²) in [5, 5.41) is 18.5. The normalized spacial score (nSPS) is 13.9. The Hall–Kier alpha value is -1.08. The number of aliphatic hydroxyl groups excluding tert-OH is 1. The van der Waals surface area contributed by atoms with Gasteiger partial charge in [0.1, 0.15) is 0 Å². The standard InChI is InChI=1S/C15H22O5S/c1-11(8-19-2)20-9-13(16)10-21-14-5-3-12(4-6-14)7-15(17)18/h3-6,11,13,16H,7-10H2,1-2H3,(H,17,18). The first-order valence-electron chi connectivity index (χ1n) is 6.73. The second kappa shape index (κ2) is 9.78. The largest absolute Gasteiger partial charge is 0.481 e. The zero-order chi connectivity index (χ0) is 15.7. The van der Waals surface area contributed by atoms with E-state index in [9.17, 15) is 9.90 Å². The van der Waals surface area contributed by atoms with Gasteiger partial charge in [0.05, 0.1) is 31.8 Å². The number of aliphatic carboxylic acids is 1. The third-order valence-corrected chi connectivity index (χ3v) is 3.85. The van der Waals surface area contributed by atoms with E-state index < -0.39 is 12.1 Å². The van der Waals surface area contributed by atoms with E-state index in [0.29, 0.717) is 12.4 Å². The summed E-state index contributed by atoms with van der Waals surface area (Å²) in [4.78, 5) is 11.6. The maximum Gasteiger partial charge on any atom is 0.307 e. The zero-order valence-electron chi connectivity index (χ0n) is 12.3. The predicted octanol–water partition coefficient (Wildman–Crippen LogP) is 1.82. The number of aliphatic hydroxyl groups is 1. The summed E-state index contributed by atoms with van der Waals surface area (Å²) in [6.07, 6.45) is -0.559. The lowest BCUT2D eigenvalue weighted by Crippen LogP contribution is -2.24. The van der Waals surface area contributed by atoms with Crippen LogP contribution in [0.3, 0.4) is 0 Å². The molecule has 6 heteroatoms. The molecular weight excluding hydrogens is 292 g/mol. The van der Waals surface area contributed by atoms with Gasteiger partial charge in [-0.05, 0) is 24.6 Å². The fourth-order valence-electron chi connectivity index (χ4n) is 1.68. The molecule has 0 aliphatic heterocycles. The van der Waals surface area contributed by atoms with Crippen molar-refractivity contribution in [2.75, 3.05) is 26.1 Å². The van der Waals surface area contributed by atoms with Crippen molar-refractivity contribution in [3.05, 3.63) is 29.8 Å². The summed E-state index contributed by atoms with van der Waals surface area (Å²) in [5.74, 6) is -0.314. The molecule has 2 N–H and O–H groups in total. The second-order valence-corrected chi connectivity index (χ2v) is 5.87. The number of methoxy groups -OCH3 is 1. The lowest BCUT2D eigenvalue weighted by Gasteiger charge is -2.15. The van der Waals surface area contributed by atoms with Gasteiger partial charge in [-0.25, -0.2) is 0 Å². The first-order chi connectivity index (χ1) is 10.0. The maximum atomic E-state index is 10.6. The van der Waals surface area contributed by atoms with E-state index in [1.807, 2.05) is 19.1 Å². The van der Waals surface area contributed by atoms with Crippen LogP contribution >= 0.6 is 11.8 Å². The van der Waals surface area contributed by atoms with Crippen LogP contribution in [0.1, 0.15) is 12.5 Å². The summed E-state index contributed by atoms with van der Waals surface area (Å²) >= 11 is 1.51. The highest BCUT2D eigenvalue weighted by Gasteiger charge is 2.09. The molecule has 0 saturated heterocycles. The Labute approximate surface area is 129 Å². The number of carboxylic acid groups (broad SMARTS) is 1. The zero-order valence-corrected chi connectivity index (χ0v) is 13.1. The molecule has 5 nitrogen and oxygen atoms in total. The molecule has 1 aromatic carbocycles. The number of thioether (sulfide) groups is 1. The molecule has 118 valence electrons. The van der Waals surface area contributed by atoms with Crippen molar-refractivity contribution in [2.45, 2.75) is 30.4 Å². The summed E-state index contributed by atoms with van der Waals surface area (Å²) in [7, 11) is 1.61. The average molecular weight is 314 g/mol. The summed E-state index contributed by atoms with van der Waals surface area (Å²) in [6, 6.07) is 7.31. The third kappa shape index (κ3) is 8.06. The molecule has 0 fully saturated rings. The molecule has 2 atom stereocenters. The Balaban J connectivity index is 2.29. The van der Waals surface area contributed by atoms with Crippen LogP contribution in [0.4, 0.5) is 0 Å². The van der Waals surface area contributed by atoms with E-state index in [-0.39, 0.29) is 19.1 Å².